The maximum atomic E-state index is 12.8. The van der Waals surface area contributed by atoms with Crippen LogP contribution >= 0.6 is 27.5 Å². The normalized spacial score (nSPS) is 28.6. The zero-order valence-electron chi connectivity index (χ0n) is 11.8. The van der Waals surface area contributed by atoms with E-state index in [-0.39, 0.29) is 6.04 Å². The van der Waals surface area contributed by atoms with E-state index in [1.807, 2.05) is 6.92 Å². The molecule has 6 heteroatoms. The number of piperidine rings is 1. The molecular weight excluding hydrogens is 362 g/mol. The van der Waals surface area contributed by atoms with Gasteiger partial charge in [0.15, 0.2) is 0 Å². The largest absolute Gasteiger partial charge is 0.243 e. The molecule has 1 aromatic carbocycles. The van der Waals surface area contributed by atoms with Crippen molar-refractivity contribution in [2.45, 2.75) is 38.1 Å². The second-order valence-corrected chi connectivity index (χ2v) is 8.86. The van der Waals surface area contributed by atoms with Crippen LogP contribution in [0.1, 0.15) is 27.2 Å². The van der Waals surface area contributed by atoms with Crippen molar-refractivity contribution in [1.29, 1.82) is 0 Å². The van der Waals surface area contributed by atoms with Crippen LogP contribution in [-0.4, -0.2) is 25.3 Å². The molecule has 3 unspecified atom stereocenters. The molecule has 0 aromatic heterocycles. The molecule has 0 aliphatic carbocycles. The Hall–Kier alpha value is -0.100. The number of hydrogen-bond acceptors (Lipinski definition) is 2. The van der Waals surface area contributed by atoms with E-state index in [0.717, 1.165) is 6.42 Å². The molecule has 0 radical (unpaired) electrons. The lowest BCUT2D eigenvalue weighted by Crippen LogP contribution is -2.48. The molecular formula is C14H19BrClNO2S. The van der Waals surface area contributed by atoms with E-state index in [0.29, 0.717) is 32.8 Å². The lowest BCUT2D eigenvalue weighted by molar-refractivity contribution is 0.157. The third kappa shape index (κ3) is 3.06. The molecule has 112 valence electrons. The average molecular weight is 381 g/mol. The lowest BCUT2D eigenvalue weighted by atomic mass is 9.88. The van der Waals surface area contributed by atoms with E-state index in [1.54, 1.807) is 22.5 Å². The molecule has 0 N–H and O–H groups in total. The number of hydrogen-bond donors (Lipinski definition) is 0. The van der Waals surface area contributed by atoms with Gasteiger partial charge < -0.3 is 0 Å². The van der Waals surface area contributed by atoms with Crippen LogP contribution in [0.25, 0.3) is 0 Å². The third-order valence-corrected chi connectivity index (χ3v) is 7.20. The van der Waals surface area contributed by atoms with Crippen LogP contribution < -0.4 is 0 Å². The second kappa shape index (κ2) is 5.95. The van der Waals surface area contributed by atoms with Gasteiger partial charge >= 0.3 is 0 Å². The van der Waals surface area contributed by atoms with Gasteiger partial charge in [0.2, 0.25) is 10.0 Å². The number of rotatable bonds is 2. The van der Waals surface area contributed by atoms with Crippen LogP contribution in [-0.2, 0) is 10.0 Å². The Balaban J connectivity index is 2.40. The topological polar surface area (TPSA) is 37.4 Å². The summed E-state index contributed by atoms with van der Waals surface area (Å²) in [5.41, 5.74) is 0. The fourth-order valence-electron chi connectivity index (χ4n) is 2.75. The van der Waals surface area contributed by atoms with Gasteiger partial charge in [-0.25, -0.2) is 8.42 Å². The minimum Gasteiger partial charge on any atom is -0.207 e. The summed E-state index contributed by atoms with van der Waals surface area (Å²) in [4.78, 5) is 0.293. The molecule has 0 spiro atoms. The Bertz CT molecular complexity index is 605. The molecule has 1 fully saturated rings. The molecule has 3 nitrogen and oxygen atoms in total. The maximum absolute atomic E-state index is 12.8. The number of sulfonamides is 1. The Labute approximate surface area is 134 Å². The zero-order valence-corrected chi connectivity index (χ0v) is 15.0. The first kappa shape index (κ1) is 16.3. The van der Waals surface area contributed by atoms with E-state index in [9.17, 15) is 8.42 Å². The molecule has 1 saturated heterocycles. The van der Waals surface area contributed by atoms with Gasteiger partial charge in [-0.3, -0.25) is 0 Å². The van der Waals surface area contributed by atoms with Crippen molar-refractivity contribution in [2.24, 2.45) is 11.8 Å². The van der Waals surface area contributed by atoms with Crippen molar-refractivity contribution in [3.8, 4) is 0 Å². The summed E-state index contributed by atoms with van der Waals surface area (Å²) in [7, 11) is -3.47. The molecule has 0 amide bonds. The van der Waals surface area contributed by atoms with E-state index in [4.69, 9.17) is 11.6 Å². The third-order valence-electron chi connectivity index (χ3n) is 4.04. The standard InChI is InChI=1S/C14H19BrClNO2S/c1-9-6-10(2)11(3)17(8-9)20(18,19)12-4-5-14(16)13(15)7-12/h4-5,7,9-11H,6,8H2,1-3H3. The predicted molar refractivity (Wildman–Crippen MR) is 85.5 cm³/mol. The van der Waals surface area contributed by atoms with Crippen LogP contribution in [0.2, 0.25) is 5.02 Å². The minimum atomic E-state index is -3.47. The van der Waals surface area contributed by atoms with Gasteiger partial charge in [-0.2, -0.15) is 4.31 Å². The first-order chi connectivity index (χ1) is 9.23. The van der Waals surface area contributed by atoms with Crippen LogP contribution in [0.15, 0.2) is 27.6 Å². The van der Waals surface area contributed by atoms with Crippen LogP contribution in [0.5, 0.6) is 0 Å². The highest BCUT2D eigenvalue weighted by molar-refractivity contribution is 9.10. The maximum Gasteiger partial charge on any atom is 0.243 e. The highest BCUT2D eigenvalue weighted by Gasteiger charge is 2.37. The average Bonchev–Trinajstić information content (AvgIpc) is 2.36. The van der Waals surface area contributed by atoms with Crippen LogP contribution in [0, 0.1) is 11.8 Å². The van der Waals surface area contributed by atoms with E-state index < -0.39 is 10.0 Å². The van der Waals surface area contributed by atoms with Crippen molar-refractivity contribution < 1.29 is 8.42 Å². The number of halogens is 2. The second-order valence-electron chi connectivity index (χ2n) is 5.71. The predicted octanol–water partition coefficient (Wildman–Crippen LogP) is 4.16. The summed E-state index contributed by atoms with van der Waals surface area (Å²) >= 11 is 9.22. The molecule has 1 aliphatic heterocycles. The lowest BCUT2D eigenvalue weighted by Gasteiger charge is -2.40. The van der Waals surface area contributed by atoms with Gasteiger partial charge in [0.1, 0.15) is 0 Å². The monoisotopic (exact) mass is 379 g/mol. The Kier molecular flexibility index (Phi) is 4.84. The van der Waals surface area contributed by atoms with E-state index in [2.05, 4.69) is 29.8 Å². The van der Waals surface area contributed by atoms with Crippen molar-refractivity contribution >= 4 is 37.6 Å². The van der Waals surface area contributed by atoms with Gasteiger partial charge in [0, 0.05) is 17.1 Å². The molecule has 3 atom stereocenters. The first-order valence-electron chi connectivity index (χ1n) is 6.70. The Morgan fingerprint density at radius 1 is 1.30 bits per heavy atom. The highest BCUT2D eigenvalue weighted by Crippen LogP contribution is 2.33. The van der Waals surface area contributed by atoms with Gasteiger partial charge in [-0.15, -0.1) is 0 Å². The van der Waals surface area contributed by atoms with Crippen molar-refractivity contribution in [2.75, 3.05) is 6.54 Å². The summed E-state index contributed by atoms with van der Waals surface area (Å²) in [6, 6.07) is 4.78. The summed E-state index contributed by atoms with van der Waals surface area (Å²) in [5.74, 6) is 0.746. The van der Waals surface area contributed by atoms with Crippen molar-refractivity contribution in [1.82, 2.24) is 4.31 Å². The summed E-state index contributed by atoms with van der Waals surface area (Å²) in [6.07, 6.45) is 1.07. The minimum absolute atomic E-state index is 0.0191. The Morgan fingerprint density at radius 2 is 1.95 bits per heavy atom. The molecule has 1 aliphatic rings. The van der Waals surface area contributed by atoms with Gasteiger partial charge in [0.05, 0.1) is 9.92 Å². The first-order valence-corrected chi connectivity index (χ1v) is 9.31. The van der Waals surface area contributed by atoms with Crippen molar-refractivity contribution in [3.05, 3.63) is 27.7 Å². The quantitative estimate of drug-likeness (QED) is 0.772. The van der Waals surface area contributed by atoms with Gasteiger partial charge in [-0.05, 0) is 59.3 Å². The summed E-state index contributed by atoms with van der Waals surface area (Å²) in [5, 5.41) is 0.511. The zero-order chi connectivity index (χ0) is 15.1. The highest BCUT2D eigenvalue weighted by atomic mass is 79.9. The summed E-state index contributed by atoms with van der Waals surface area (Å²) < 4.78 is 27.9. The van der Waals surface area contributed by atoms with Gasteiger partial charge in [0.25, 0.3) is 0 Å². The molecule has 20 heavy (non-hydrogen) atoms. The molecule has 0 bridgehead atoms. The Morgan fingerprint density at radius 3 is 2.55 bits per heavy atom. The molecule has 2 rings (SSSR count). The van der Waals surface area contributed by atoms with E-state index >= 15 is 0 Å². The molecule has 1 heterocycles. The fourth-order valence-corrected chi connectivity index (χ4v) is 5.27. The number of benzene rings is 1. The van der Waals surface area contributed by atoms with Crippen LogP contribution in [0.3, 0.4) is 0 Å². The molecule has 0 saturated carbocycles. The molecule has 1 aromatic rings. The van der Waals surface area contributed by atoms with Crippen molar-refractivity contribution in [3.63, 3.8) is 0 Å². The fraction of sp³-hybridized carbons (Fsp3) is 0.571. The van der Waals surface area contributed by atoms with Gasteiger partial charge in [-0.1, -0.05) is 25.4 Å². The SMILES string of the molecule is CC1CC(C)C(C)N(S(=O)(=O)c2ccc(Cl)c(Br)c2)C1. The van der Waals surface area contributed by atoms with Crippen LogP contribution in [0.4, 0.5) is 0 Å². The smallest absolute Gasteiger partial charge is 0.207 e. The number of nitrogens with zero attached hydrogens (tertiary/aromatic N) is 1. The summed E-state index contributed by atoms with van der Waals surface area (Å²) in [6.45, 7) is 6.77. The van der Waals surface area contributed by atoms with E-state index in [1.165, 1.54) is 0 Å².